The van der Waals surface area contributed by atoms with Crippen LogP contribution < -0.4 is 0 Å². The lowest BCUT2D eigenvalue weighted by atomic mass is 9.99. The van der Waals surface area contributed by atoms with Gasteiger partial charge >= 0.3 is 17.9 Å². The molecule has 0 radical (unpaired) electrons. The molecule has 0 aromatic heterocycles. The number of ether oxygens (including phenoxy) is 3. The summed E-state index contributed by atoms with van der Waals surface area (Å²) >= 11 is 0. The molecule has 0 amide bonds. The molecule has 0 aromatic rings. The van der Waals surface area contributed by atoms with E-state index in [1.54, 1.807) is 0 Å². The molecule has 2 atom stereocenters. The standard InChI is InChI=1S/C52H100O6/c1-6-8-9-10-25-34-39-44-52(55)58-49(46-57-51(54)43-38-33-29-24-23-26-30-35-40-47(3)4)45-56-50(53)42-37-32-28-22-20-18-16-14-12-11-13-15-17-19-21-27-31-36-41-48(5)7-2/h47-49H,6-46H2,1-5H3/t48?,49-/m0/s1. The lowest BCUT2D eigenvalue weighted by Gasteiger charge is -2.18. The van der Waals surface area contributed by atoms with Gasteiger partial charge in [0.1, 0.15) is 13.2 Å². The first-order valence-electron chi connectivity index (χ1n) is 25.8. The maximum absolute atomic E-state index is 12.6. The summed E-state index contributed by atoms with van der Waals surface area (Å²) in [6.07, 6.45) is 45.4. The number of unbranched alkanes of at least 4 members (excludes halogenated alkanes) is 30. The Labute approximate surface area is 361 Å². The maximum atomic E-state index is 12.6. The average Bonchev–Trinajstić information content (AvgIpc) is 3.21. The van der Waals surface area contributed by atoms with Gasteiger partial charge in [0, 0.05) is 19.3 Å². The van der Waals surface area contributed by atoms with E-state index in [0.717, 1.165) is 69.6 Å². The summed E-state index contributed by atoms with van der Waals surface area (Å²) in [6.45, 7) is 11.3. The SMILES string of the molecule is CCCCCCCCCC(=O)O[C@@H](COC(=O)CCCCCCCCCCCCCCCCCCCCC(C)CC)COC(=O)CCCCCCCCCCC(C)C. The number of carbonyl (C=O) groups is 3. The first-order chi connectivity index (χ1) is 28.3. The van der Waals surface area contributed by atoms with Crippen LogP contribution in [0.5, 0.6) is 0 Å². The maximum Gasteiger partial charge on any atom is 0.306 e. The van der Waals surface area contributed by atoms with Gasteiger partial charge in [-0.2, -0.15) is 0 Å². The molecule has 0 heterocycles. The molecule has 0 aromatic carbocycles. The van der Waals surface area contributed by atoms with Gasteiger partial charge < -0.3 is 14.2 Å². The zero-order chi connectivity index (χ0) is 42.6. The van der Waals surface area contributed by atoms with E-state index in [4.69, 9.17) is 14.2 Å². The van der Waals surface area contributed by atoms with E-state index in [1.165, 1.54) is 173 Å². The quantitative estimate of drug-likeness (QED) is 0.0346. The minimum Gasteiger partial charge on any atom is -0.462 e. The number of hydrogen-bond acceptors (Lipinski definition) is 6. The number of rotatable bonds is 46. The smallest absolute Gasteiger partial charge is 0.306 e. The van der Waals surface area contributed by atoms with Gasteiger partial charge in [0.15, 0.2) is 6.10 Å². The Kier molecular flexibility index (Phi) is 43.7. The third-order valence-corrected chi connectivity index (χ3v) is 12.1. The molecule has 0 saturated carbocycles. The predicted molar refractivity (Wildman–Crippen MR) is 247 cm³/mol. The molecule has 58 heavy (non-hydrogen) atoms. The Morgan fingerprint density at radius 3 is 0.983 bits per heavy atom. The van der Waals surface area contributed by atoms with E-state index in [-0.39, 0.29) is 31.1 Å². The van der Waals surface area contributed by atoms with E-state index in [9.17, 15) is 14.4 Å². The Morgan fingerprint density at radius 1 is 0.362 bits per heavy atom. The molecule has 1 unspecified atom stereocenters. The average molecular weight is 821 g/mol. The second-order valence-corrected chi connectivity index (χ2v) is 18.5. The predicted octanol–water partition coefficient (Wildman–Crippen LogP) is 16.5. The number of hydrogen-bond donors (Lipinski definition) is 0. The van der Waals surface area contributed by atoms with Crippen LogP contribution in [0.25, 0.3) is 0 Å². The molecule has 0 saturated heterocycles. The third kappa shape index (κ3) is 44.0. The molecule has 0 rings (SSSR count). The van der Waals surface area contributed by atoms with Crippen LogP contribution in [0.15, 0.2) is 0 Å². The highest BCUT2D eigenvalue weighted by Crippen LogP contribution is 2.18. The molecule has 0 fully saturated rings. The fourth-order valence-corrected chi connectivity index (χ4v) is 7.78. The van der Waals surface area contributed by atoms with Crippen LogP contribution in [0.4, 0.5) is 0 Å². The summed E-state index contributed by atoms with van der Waals surface area (Å²) in [7, 11) is 0. The Balaban J connectivity index is 4.08. The highest BCUT2D eigenvalue weighted by molar-refractivity contribution is 5.71. The van der Waals surface area contributed by atoms with E-state index < -0.39 is 6.10 Å². The van der Waals surface area contributed by atoms with Crippen LogP contribution in [-0.4, -0.2) is 37.2 Å². The highest BCUT2D eigenvalue weighted by atomic mass is 16.6. The second kappa shape index (κ2) is 44.9. The lowest BCUT2D eigenvalue weighted by molar-refractivity contribution is -0.167. The molecule has 0 aliphatic carbocycles. The molecule has 0 bridgehead atoms. The molecular weight excluding hydrogens is 721 g/mol. The van der Waals surface area contributed by atoms with Gasteiger partial charge in [-0.15, -0.1) is 0 Å². The topological polar surface area (TPSA) is 78.9 Å². The van der Waals surface area contributed by atoms with Crippen LogP contribution in [-0.2, 0) is 28.6 Å². The van der Waals surface area contributed by atoms with Gasteiger partial charge in [-0.25, -0.2) is 0 Å². The molecular formula is C52H100O6. The summed E-state index contributed by atoms with van der Waals surface area (Å²) in [5.41, 5.74) is 0. The van der Waals surface area contributed by atoms with Gasteiger partial charge in [0.2, 0.25) is 0 Å². The molecule has 6 nitrogen and oxygen atoms in total. The minimum atomic E-state index is -0.760. The van der Waals surface area contributed by atoms with Crippen molar-refractivity contribution in [1.29, 1.82) is 0 Å². The summed E-state index contributed by atoms with van der Waals surface area (Å²) in [5.74, 6) is 0.848. The third-order valence-electron chi connectivity index (χ3n) is 12.1. The van der Waals surface area contributed by atoms with Crippen molar-refractivity contribution in [1.82, 2.24) is 0 Å². The summed E-state index contributed by atoms with van der Waals surface area (Å²) in [5, 5.41) is 0. The number of esters is 3. The van der Waals surface area contributed by atoms with E-state index >= 15 is 0 Å². The fraction of sp³-hybridized carbons (Fsp3) is 0.942. The molecule has 0 spiro atoms. The van der Waals surface area contributed by atoms with Crippen LogP contribution in [0.1, 0.15) is 285 Å². The molecule has 344 valence electrons. The van der Waals surface area contributed by atoms with Crippen molar-refractivity contribution in [2.24, 2.45) is 11.8 Å². The van der Waals surface area contributed by atoms with Crippen molar-refractivity contribution < 1.29 is 28.6 Å². The van der Waals surface area contributed by atoms with Gasteiger partial charge in [0.05, 0.1) is 0 Å². The fourth-order valence-electron chi connectivity index (χ4n) is 7.78. The van der Waals surface area contributed by atoms with Crippen LogP contribution in [0.3, 0.4) is 0 Å². The zero-order valence-corrected chi connectivity index (χ0v) is 39.7. The van der Waals surface area contributed by atoms with Crippen molar-refractivity contribution in [3.8, 4) is 0 Å². The van der Waals surface area contributed by atoms with Gasteiger partial charge in [-0.3, -0.25) is 14.4 Å². The summed E-state index contributed by atoms with van der Waals surface area (Å²) in [4.78, 5) is 37.7. The summed E-state index contributed by atoms with van der Waals surface area (Å²) in [6, 6.07) is 0. The Morgan fingerprint density at radius 2 is 0.655 bits per heavy atom. The zero-order valence-electron chi connectivity index (χ0n) is 39.7. The van der Waals surface area contributed by atoms with Gasteiger partial charge in [-0.05, 0) is 31.1 Å². The molecule has 0 aliphatic rings. The van der Waals surface area contributed by atoms with Crippen molar-refractivity contribution in [2.45, 2.75) is 291 Å². The van der Waals surface area contributed by atoms with E-state index in [0.29, 0.717) is 19.3 Å². The lowest BCUT2D eigenvalue weighted by Crippen LogP contribution is -2.30. The highest BCUT2D eigenvalue weighted by Gasteiger charge is 2.19. The monoisotopic (exact) mass is 821 g/mol. The normalized spacial score (nSPS) is 12.5. The first kappa shape index (κ1) is 56.4. The van der Waals surface area contributed by atoms with Crippen LogP contribution in [0.2, 0.25) is 0 Å². The van der Waals surface area contributed by atoms with Gasteiger partial charge in [0.25, 0.3) is 0 Å². The van der Waals surface area contributed by atoms with Gasteiger partial charge in [-0.1, -0.05) is 247 Å². The van der Waals surface area contributed by atoms with Crippen molar-refractivity contribution in [2.75, 3.05) is 13.2 Å². The van der Waals surface area contributed by atoms with Crippen LogP contribution in [0, 0.1) is 11.8 Å². The van der Waals surface area contributed by atoms with Crippen molar-refractivity contribution in [3.05, 3.63) is 0 Å². The van der Waals surface area contributed by atoms with Crippen molar-refractivity contribution in [3.63, 3.8) is 0 Å². The number of carbonyl (C=O) groups excluding carboxylic acids is 3. The van der Waals surface area contributed by atoms with E-state index in [2.05, 4.69) is 34.6 Å². The molecule has 0 N–H and O–H groups in total. The first-order valence-corrected chi connectivity index (χ1v) is 25.8. The van der Waals surface area contributed by atoms with E-state index in [1.807, 2.05) is 0 Å². The Bertz CT molecular complexity index is 887. The second-order valence-electron chi connectivity index (χ2n) is 18.5. The largest absolute Gasteiger partial charge is 0.462 e. The Hall–Kier alpha value is -1.59. The minimum absolute atomic E-state index is 0.0647. The molecule has 6 heteroatoms. The van der Waals surface area contributed by atoms with Crippen molar-refractivity contribution >= 4 is 17.9 Å². The summed E-state index contributed by atoms with van der Waals surface area (Å²) < 4.78 is 16.7. The molecule has 0 aliphatic heterocycles. The van der Waals surface area contributed by atoms with Crippen LogP contribution >= 0.6 is 0 Å².